The number of hydrogen-bond acceptors (Lipinski definition) is 1. The van der Waals surface area contributed by atoms with E-state index < -0.39 is 5.60 Å². The number of hydrogen-bond donors (Lipinski definition) is 1. The van der Waals surface area contributed by atoms with Gasteiger partial charge in [0.15, 0.2) is 0 Å². The minimum absolute atomic E-state index is 0.393. The zero-order valence-electron chi connectivity index (χ0n) is 13.0. The molecule has 1 rings (SSSR count). The molecule has 0 aromatic carbocycles. The fourth-order valence-corrected chi connectivity index (χ4v) is 3.45. The van der Waals surface area contributed by atoms with E-state index in [9.17, 15) is 5.11 Å². The van der Waals surface area contributed by atoms with Crippen LogP contribution in [-0.2, 0) is 0 Å². The van der Waals surface area contributed by atoms with Crippen LogP contribution >= 0.6 is 0 Å². The Morgan fingerprint density at radius 3 is 2.44 bits per heavy atom. The van der Waals surface area contributed by atoms with Gasteiger partial charge in [-0.1, -0.05) is 52.9 Å². The van der Waals surface area contributed by atoms with Crippen molar-refractivity contribution in [3.63, 3.8) is 0 Å². The first-order valence-electron chi connectivity index (χ1n) is 8.19. The van der Waals surface area contributed by atoms with Crippen LogP contribution in [0.1, 0.15) is 85.5 Å². The normalized spacial score (nSPS) is 33.0. The van der Waals surface area contributed by atoms with Crippen molar-refractivity contribution < 1.29 is 5.11 Å². The minimum atomic E-state index is -0.393. The zero-order chi connectivity index (χ0) is 13.6. The average Bonchev–Trinajstić information content (AvgIpc) is 2.30. The summed E-state index contributed by atoms with van der Waals surface area (Å²) in [6, 6.07) is 0. The van der Waals surface area contributed by atoms with Crippen molar-refractivity contribution in [2.45, 2.75) is 91.1 Å². The third-order valence-electron chi connectivity index (χ3n) is 5.09. The maximum Gasteiger partial charge on any atom is 0.0648 e. The van der Waals surface area contributed by atoms with E-state index in [-0.39, 0.29) is 0 Å². The SMILES string of the molecule is CCCCCCCC1CC(C(C)C)CCC1(C)O. The fourth-order valence-electron chi connectivity index (χ4n) is 3.45. The first kappa shape index (κ1) is 16.0. The molecule has 0 amide bonds. The van der Waals surface area contributed by atoms with E-state index in [0.717, 1.165) is 18.3 Å². The second-order valence-corrected chi connectivity index (χ2v) is 7.04. The molecule has 108 valence electrons. The van der Waals surface area contributed by atoms with Crippen molar-refractivity contribution in [2.75, 3.05) is 0 Å². The van der Waals surface area contributed by atoms with E-state index in [2.05, 4.69) is 27.7 Å². The first-order chi connectivity index (χ1) is 8.47. The highest BCUT2D eigenvalue weighted by molar-refractivity contribution is 4.89. The predicted molar refractivity (Wildman–Crippen MR) is 79.7 cm³/mol. The molecule has 3 atom stereocenters. The van der Waals surface area contributed by atoms with Gasteiger partial charge in [0, 0.05) is 0 Å². The summed E-state index contributed by atoms with van der Waals surface area (Å²) in [7, 11) is 0. The molecule has 0 bridgehead atoms. The molecule has 1 heteroatoms. The highest BCUT2D eigenvalue weighted by atomic mass is 16.3. The molecule has 3 unspecified atom stereocenters. The lowest BCUT2D eigenvalue weighted by Crippen LogP contribution is -2.41. The smallest absolute Gasteiger partial charge is 0.0648 e. The highest BCUT2D eigenvalue weighted by Crippen LogP contribution is 2.42. The van der Waals surface area contributed by atoms with E-state index >= 15 is 0 Å². The Balaban J connectivity index is 2.34. The van der Waals surface area contributed by atoms with Gasteiger partial charge in [-0.15, -0.1) is 0 Å². The molecule has 0 radical (unpaired) electrons. The molecule has 1 N–H and O–H groups in total. The van der Waals surface area contributed by atoms with Crippen LogP contribution in [-0.4, -0.2) is 10.7 Å². The van der Waals surface area contributed by atoms with Crippen LogP contribution in [0.15, 0.2) is 0 Å². The van der Waals surface area contributed by atoms with Gasteiger partial charge in [0.05, 0.1) is 5.60 Å². The summed E-state index contributed by atoms with van der Waals surface area (Å²) >= 11 is 0. The van der Waals surface area contributed by atoms with Crippen LogP contribution in [0.3, 0.4) is 0 Å². The summed E-state index contributed by atoms with van der Waals surface area (Å²) in [5.41, 5.74) is -0.393. The molecule has 1 fully saturated rings. The molecule has 1 saturated carbocycles. The second kappa shape index (κ2) is 7.53. The van der Waals surface area contributed by atoms with Gasteiger partial charge < -0.3 is 5.11 Å². The Bertz CT molecular complexity index is 220. The van der Waals surface area contributed by atoms with Crippen LogP contribution in [0.2, 0.25) is 0 Å². The van der Waals surface area contributed by atoms with E-state index in [1.54, 1.807) is 0 Å². The Labute approximate surface area is 114 Å². The van der Waals surface area contributed by atoms with E-state index in [1.165, 1.54) is 51.4 Å². The van der Waals surface area contributed by atoms with Crippen molar-refractivity contribution >= 4 is 0 Å². The number of unbranched alkanes of at least 4 members (excludes halogenated alkanes) is 4. The third kappa shape index (κ3) is 4.91. The lowest BCUT2D eigenvalue weighted by Gasteiger charge is -2.42. The molecule has 0 heterocycles. The molecule has 1 nitrogen and oxygen atoms in total. The van der Waals surface area contributed by atoms with Gasteiger partial charge in [0.2, 0.25) is 0 Å². The molecule has 0 aliphatic heterocycles. The summed E-state index contributed by atoms with van der Waals surface area (Å²) in [6.45, 7) is 9.01. The lowest BCUT2D eigenvalue weighted by atomic mass is 9.67. The standard InChI is InChI=1S/C17H34O/c1-5-6-7-8-9-10-16-13-15(14(2)3)11-12-17(16,4)18/h14-16,18H,5-13H2,1-4H3. The van der Waals surface area contributed by atoms with E-state index in [0.29, 0.717) is 5.92 Å². The molecule has 0 aromatic heterocycles. The van der Waals surface area contributed by atoms with Crippen molar-refractivity contribution in [1.82, 2.24) is 0 Å². The van der Waals surface area contributed by atoms with Gasteiger partial charge >= 0.3 is 0 Å². The van der Waals surface area contributed by atoms with E-state index in [4.69, 9.17) is 0 Å². The van der Waals surface area contributed by atoms with Gasteiger partial charge in [0.1, 0.15) is 0 Å². The summed E-state index contributed by atoms with van der Waals surface area (Å²) < 4.78 is 0. The number of aliphatic hydroxyl groups is 1. The Hall–Kier alpha value is -0.0400. The quantitative estimate of drug-likeness (QED) is 0.621. The van der Waals surface area contributed by atoms with Crippen LogP contribution in [0.5, 0.6) is 0 Å². The maximum absolute atomic E-state index is 10.5. The van der Waals surface area contributed by atoms with Gasteiger partial charge in [-0.05, 0) is 50.4 Å². The van der Waals surface area contributed by atoms with Crippen molar-refractivity contribution in [2.24, 2.45) is 17.8 Å². The summed E-state index contributed by atoms with van der Waals surface area (Å²) in [6.07, 6.45) is 11.4. The fraction of sp³-hybridized carbons (Fsp3) is 1.00. The summed E-state index contributed by atoms with van der Waals surface area (Å²) in [4.78, 5) is 0. The van der Waals surface area contributed by atoms with Gasteiger partial charge in [-0.3, -0.25) is 0 Å². The third-order valence-corrected chi connectivity index (χ3v) is 5.09. The Morgan fingerprint density at radius 2 is 1.83 bits per heavy atom. The van der Waals surface area contributed by atoms with Crippen molar-refractivity contribution in [1.29, 1.82) is 0 Å². The van der Waals surface area contributed by atoms with E-state index in [1.807, 2.05) is 0 Å². The van der Waals surface area contributed by atoms with Gasteiger partial charge in [0.25, 0.3) is 0 Å². The molecule has 0 aromatic rings. The van der Waals surface area contributed by atoms with Crippen LogP contribution in [0.4, 0.5) is 0 Å². The molecular weight excluding hydrogens is 220 g/mol. The van der Waals surface area contributed by atoms with Crippen molar-refractivity contribution in [3.05, 3.63) is 0 Å². The molecule has 0 spiro atoms. The summed E-state index contributed by atoms with van der Waals surface area (Å²) in [5.74, 6) is 2.16. The molecule has 1 aliphatic rings. The minimum Gasteiger partial charge on any atom is -0.390 e. The highest BCUT2D eigenvalue weighted by Gasteiger charge is 2.38. The number of rotatable bonds is 7. The van der Waals surface area contributed by atoms with Crippen LogP contribution in [0.25, 0.3) is 0 Å². The topological polar surface area (TPSA) is 20.2 Å². The molecular formula is C17H34O. The molecule has 18 heavy (non-hydrogen) atoms. The Kier molecular flexibility index (Phi) is 6.70. The summed E-state index contributed by atoms with van der Waals surface area (Å²) in [5, 5.41) is 10.5. The Morgan fingerprint density at radius 1 is 1.17 bits per heavy atom. The predicted octanol–water partition coefficient (Wildman–Crippen LogP) is 5.17. The van der Waals surface area contributed by atoms with Crippen LogP contribution in [0, 0.1) is 17.8 Å². The van der Waals surface area contributed by atoms with Gasteiger partial charge in [-0.2, -0.15) is 0 Å². The maximum atomic E-state index is 10.5. The zero-order valence-corrected chi connectivity index (χ0v) is 13.0. The molecule has 1 aliphatic carbocycles. The molecule has 0 saturated heterocycles. The van der Waals surface area contributed by atoms with Crippen molar-refractivity contribution in [3.8, 4) is 0 Å². The largest absolute Gasteiger partial charge is 0.390 e. The lowest BCUT2D eigenvalue weighted by molar-refractivity contribution is -0.0561. The van der Waals surface area contributed by atoms with Gasteiger partial charge in [-0.25, -0.2) is 0 Å². The van der Waals surface area contributed by atoms with Crippen LogP contribution < -0.4 is 0 Å². The second-order valence-electron chi connectivity index (χ2n) is 7.04. The first-order valence-corrected chi connectivity index (χ1v) is 8.19. The monoisotopic (exact) mass is 254 g/mol. The average molecular weight is 254 g/mol.